The highest BCUT2D eigenvalue weighted by Crippen LogP contribution is 2.30. The first-order chi connectivity index (χ1) is 6.57. The second-order valence-corrected chi connectivity index (χ2v) is 3.18. The van der Waals surface area contributed by atoms with Crippen LogP contribution in [0.1, 0.15) is 11.6 Å². The fourth-order valence-electron chi connectivity index (χ4n) is 1.15. The van der Waals surface area contributed by atoms with Crippen molar-refractivity contribution in [2.75, 3.05) is 6.54 Å². The highest BCUT2D eigenvalue weighted by molar-refractivity contribution is 6.32. The average Bonchev–Trinajstić information content (AvgIpc) is 2.15. The van der Waals surface area contributed by atoms with E-state index in [0.717, 1.165) is 0 Å². The summed E-state index contributed by atoms with van der Waals surface area (Å²) in [6.07, 6.45) is 0. The van der Waals surface area contributed by atoms with Crippen molar-refractivity contribution in [3.8, 4) is 0 Å². The van der Waals surface area contributed by atoms with Gasteiger partial charge >= 0.3 is 0 Å². The monoisotopic (exact) mass is 215 g/mol. The smallest absolute Gasteiger partial charge is 0.292 e. The third-order valence-electron chi connectivity index (χ3n) is 1.85. The third-order valence-corrected chi connectivity index (χ3v) is 2.16. The molecule has 14 heavy (non-hydrogen) atoms. The van der Waals surface area contributed by atoms with Crippen LogP contribution in [0.5, 0.6) is 0 Å². The van der Waals surface area contributed by atoms with E-state index >= 15 is 0 Å². The molecule has 1 aromatic rings. The third kappa shape index (κ3) is 2.01. The van der Waals surface area contributed by atoms with Crippen LogP contribution in [0.25, 0.3) is 0 Å². The molecule has 0 fully saturated rings. The van der Waals surface area contributed by atoms with Crippen LogP contribution in [-0.4, -0.2) is 11.5 Å². The van der Waals surface area contributed by atoms with Crippen LogP contribution in [0.4, 0.5) is 5.69 Å². The summed E-state index contributed by atoms with van der Waals surface area (Å²) in [4.78, 5) is 10.1. The molecule has 0 aliphatic rings. The van der Waals surface area contributed by atoms with Crippen molar-refractivity contribution in [3.05, 3.63) is 38.9 Å². The maximum Gasteiger partial charge on any atom is 0.292 e. The summed E-state index contributed by atoms with van der Waals surface area (Å²) in [5.41, 5.74) is 11.2. The maximum atomic E-state index is 10.7. The molecule has 76 valence electrons. The lowest BCUT2D eigenvalue weighted by Crippen LogP contribution is -2.21. The van der Waals surface area contributed by atoms with E-state index in [1.807, 2.05) is 0 Å². The fraction of sp³-hybridized carbons (Fsp3) is 0.250. The van der Waals surface area contributed by atoms with Gasteiger partial charge in [-0.05, 0) is 6.07 Å². The lowest BCUT2D eigenvalue weighted by molar-refractivity contribution is -0.385. The number of nitro groups is 1. The Morgan fingerprint density at radius 2 is 2.21 bits per heavy atom. The van der Waals surface area contributed by atoms with E-state index in [9.17, 15) is 10.1 Å². The largest absolute Gasteiger partial charge is 0.329 e. The topological polar surface area (TPSA) is 95.2 Å². The molecule has 0 saturated heterocycles. The van der Waals surface area contributed by atoms with Gasteiger partial charge in [-0.25, -0.2) is 0 Å². The number of nitro benzene ring substituents is 1. The van der Waals surface area contributed by atoms with E-state index in [1.165, 1.54) is 6.07 Å². The zero-order valence-electron chi connectivity index (χ0n) is 7.31. The number of nitrogens with zero attached hydrogens (tertiary/aromatic N) is 1. The van der Waals surface area contributed by atoms with Gasteiger partial charge in [-0.2, -0.15) is 0 Å². The van der Waals surface area contributed by atoms with Gasteiger partial charge in [0.05, 0.1) is 4.92 Å². The minimum absolute atomic E-state index is 0.0800. The summed E-state index contributed by atoms with van der Waals surface area (Å²) in [6.45, 7) is 0.140. The van der Waals surface area contributed by atoms with Gasteiger partial charge in [0.1, 0.15) is 5.02 Å². The van der Waals surface area contributed by atoms with Crippen molar-refractivity contribution in [2.24, 2.45) is 11.5 Å². The molecule has 1 atom stereocenters. The SMILES string of the molecule is NC[C@@H](N)c1cccc(Cl)c1[N+](=O)[O-]. The lowest BCUT2D eigenvalue weighted by Gasteiger charge is -2.09. The second-order valence-electron chi connectivity index (χ2n) is 2.78. The van der Waals surface area contributed by atoms with Crippen LogP contribution in [0.2, 0.25) is 5.02 Å². The standard InChI is InChI=1S/C8H10ClN3O2/c9-6-3-1-2-5(7(11)4-10)8(6)12(13)14/h1-3,7H,4,10-11H2/t7-/m1/s1. The molecule has 6 heteroatoms. The number of hydrogen-bond donors (Lipinski definition) is 2. The summed E-state index contributed by atoms with van der Waals surface area (Å²) < 4.78 is 0. The second kappa shape index (κ2) is 4.36. The Hall–Kier alpha value is -1.17. The molecule has 0 aliphatic heterocycles. The quantitative estimate of drug-likeness (QED) is 0.585. The van der Waals surface area contributed by atoms with E-state index in [2.05, 4.69) is 0 Å². The Bertz CT molecular complexity index is 356. The molecule has 1 aromatic carbocycles. The molecule has 1 rings (SSSR count). The van der Waals surface area contributed by atoms with E-state index in [-0.39, 0.29) is 17.3 Å². The molecule has 4 N–H and O–H groups in total. The molecule has 0 saturated carbocycles. The Kier molecular flexibility index (Phi) is 3.40. The summed E-state index contributed by atoms with van der Waals surface area (Å²) in [5, 5.41) is 10.8. The summed E-state index contributed by atoms with van der Waals surface area (Å²) in [6, 6.07) is 4.06. The van der Waals surface area contributed by atoms with Crippen molar-refractivity contribution in [1.29, 1.82) is 0 Å². The number of para-hydroxylation sites is 1. The predicted octanol–water partition coefficient (Wildman–Crippen LogP) is 1.21. The van der Waals surface area contributed by atoms with E-state index in [0.29, 0.717) is 5.56 Å². The summed E-state index contributed by atoms with van der Waals surface area (Å²) in [7, 11) is 0. The Labute approximate surface area is 85.8 Å². The lowest BCUT2D eigenvalue weighted by atomic mass is 10.1. The van der Waals surface area contributed by atoms with Gasteiger partial charge in [0.25, 0.3) is 5.69 Å². The molecular formula is C8H10ClN3O2. The van der Waals surface area contributed by atoms with Crippen LogP contribution in [0.15, 0.2) is 18.2 Å². The fourth-order valence-corrected chi connectivity index (χ4v) is 1.40. The molecule has 0 aliphatic carbocycles. The van der Waals surface area contributed by atoms with Crippen molar-refractivity contribution < 1.29 is 4.92 Å². The van der Waals surface area contributed by atoms with Crippen LogP contribution < -0.4 is 11.5 Å². The predicted molar refractivity (Wildman–Crippen MR) is 54.1 cm³/mol. The molecular weight excluding hydrogens is 206 g/mol. The van der Waals surface area contributed by atoms with Gasteiger partial charge in [0, 0.05) is 18.2 Å². The van der Waals surface area contributed by atoms with Crippen molar-refractivity contribution in [1.82, 2.24) is 0 Å². The Morgan fingerprint density at radius 1 is 1.57 bits per heavy atom. The number of nitrogens with two attached hydrogens (primary N) is 2. The number of hydrogen-bond acceptors (Lipinski definition) is 4. The first-order valence-corrected chi connectivity index (χ1v) is 4.34. The van der Waals surface area contributed by atoms with E-state index < -0.39 is 11.0 Å². The van der Waals surface area contributed by atoms with Gasteiger partial charge in [-0.15, -0.1) is 0 Å². The van der Waals surface area contributed by atoms with E-state index in [1.54, 1.807) is 12.1 Å². The summed E-state index contributed by atoms with van der Waals surface area (Å²) >= 11 is 5.69. The van der Waals surface area contributed by atoms with Crippen LogP contribution in [-0.2, 0) is 0 Å². The Morgan fingerprint density at radius 3 is 2.71 bits per heavy atom. The molecule has 0 spiro atoms. The van der Waals surface area contributed by atoms with Gasteiger partial charge < -0.3 is 11.5 Å². The molecule has 0 bridgehead atoms. The van der Waals surface area contributed by atoms with Crippen molar-refractivity contribution in [3.63, 3.8) is 0 Å². The van der Waals surface area contributed by atoms with Crippen LogP contribution in [0, 0.1) is 10.1 Å². The average molecular weight is 216 g/mol. The minimum atomic E-state index is -0.561. The highest BCUT2D eigenvalue weighted by Gasteiger charge is 2.21. The molecule has 0 radical (unpaired) electrons. The van der Waals surface area contributed by atoms with Gasteiger partial charge in [0.2, 0.25) is 0 Å². The van der Waals surface area contributed by atoms with Crippen molar-refractivity contribution in [2.45, 2.75) is 6.04 Å². The van der Waals surface area contributed by atoms with Crippen LogP contribution in [0.3, 0.4) is 0 Å². The molecule has 0 amide bonds. The van der Waals surface area contributed by atoms with Gasteiger partial charge in [-0.1, -0.05) is 23.7 Å². The van der Waals surface area contributed by atoms with Crippen LogP contribution >= 0.6 is 11.6 Å². The van der Waals surface area contributed by atoms with E-state index in [4.69, 9.17) is 23.1 Å². The minimum Gasteiger partial charge on any atom is -0.329 e. The molecule has 0 heterocycles. The zero-order valence-corrected chi connectivity index (χ0v) is 8.07. The number of benzene rings is 1. The first-order valence-electron chi connectivity index (χ1n) is 3.96. The first kappa shape index (κ1) is 10.9. The van der Waals surface area contributed by atoms with Crippen molar-refractivity contribution >= 4 is 17.3 Å². The summed E-state index contributed by atoms with van der Waals surface area (Å²) in [5.74, 6) is 0. The van der Waals surface area contributed by atoms with Gasteiger partial charge in [0.15, 0.2) is 0 Å². The molecule has 0 aromatic heterocycles. The van der Waals surface area contributed by atoms with Gasteiger partial charge in [-0.3, -0.25) is 10.1 Å². The molecule has 0 unspecified atom stereocenters. The number of rotatable bonds is 3. The molecule has 5 nitrogen and oxygen atoms in total. The maximum absolute atomic E-state index is 10.7. The highest BCUT2D eigenvalue weighted by atomic mass is 35.5. The zero-order chi connectivity index (χ0) is 10.7. The Balaban J connectivity index is 3.28. The normalized spacial score (nSPS) is 12.5. The number of halogens is 1.